The van der Waals surface area contributed by atoms with Gasteiger partial charge in [0.2, 0.25) is 0 Å². The van der Waals surface area contributed by atoms with Crippen molar-refractivity contribution in [3.63, 3.8) is 0 Å². The number of nitrogens with zero attached hydrogens (tertiary/aromatic N) is 3. The molecule has 0 atom stereocenters. The molecule has 124 valence electrons. The zero-order chi connectivity index (χ0) is 17.9. The number of nitrogens with one attached hydrogen (secondary N) is 1. The average molecular weight is 347 g/mol. The van der Waals surface area contributed by atoms with Crippen LogP contribution in [0.1, 0.15) is 25.1 Å². The van der Waals surface area contributed by atoms with Gasteiger partial charge in [0.15, 0.2) is 11.0 Å². The van der Waals surface area contributed by atoms with E-state index in [0.29, 0.717) is 11.3 Å². The predicted molar refractivity (Wildman–Crippen MR) is 89.7 cm³/mol. The average Bonchev–Trinajstić information content (AvgIpc) is 2.51. The van der Waals surface area contributed by atoms with E-state index >= 15 is 0 Å². The van der Waals surface area contributed by atoms with E-state index in [1.807, 2.05) is 19.9 Å². The minimum atomic E-state index is -1.15. The second-order valence-corrected chi connectivity index (χ2v) is 5.73. The molecule has 0 saturated heterocycles. The number of hydrogen-bond acceptors (Lipinski definition) is 5. The molecule has 1 aromatic carbocycles. The van der Waals surface area contributed by atoms with Crippen LogP contribution in [0.2, 0.25) is 5.15 Å². The quantitative estimate of drug-likeness (QED) is 0.859. The fourth-order valence-corrected chi connectivity index (χ4v) is 2.42. The zero-order valence-corrected chi connectivity index (χ0v) is 13.8. The number of nitriles is 1. The molecule has 0 aliphatic rings. The van der Waals surface area contributed by atoms with Crippen LogP contribution in [0.3, 0.4) is 0 Å². The van der Waals surface area contributed by atoms with E-state index in [4.69, 9.17) is 22.0 Å². The van der Waals surface area contributed by atoms with E-state index in [9.17, 15) is 9.59 Å². The van der Waals surface area contributed by atoms with Gasteiger partial charge in [0.25, 0.3) is 5.56 Å². The Morgan fingerprint density at radius 3 is 2.79 bits per heavy atom. The molecule has 0 aliphatic carbocycles. The summed E-state index contributed by atoms with van der Waals surface area (Å²) in [6, 6.07) is 8.20. The summed E-state index contributed by atoms with van der Waals surface area (Å²) >= 11 is 6.12. The predicted octanol–water partition coefficient (Wildman–Crippen LogP) is 2.20. The molecule has 0 saturated carbocycles. The van der Waals surface area contributed by atoms with Crippen LogP contribution in [-0.4, -0.2) is 26.7 Å². The van der Waals surface area contributed by atoms with Gasteiger partial charge in [0.1, 0.15) is 0 Å². The maximum Gasteiger partial charge on any atom is 0.309 e. The van der Waals surface area contributed by atoms with Crippen molar-refractivity contribution in [2.24, 2.45) is 0 Å². The van der Waals surface area contributed by atoms with Crippen molar-refractivity contribution in [3.8, 4) is 11.8 Å². The van der Waals surface area contributed by atoms with Crippen LogP contribution < -0.4 is 10.9 Å². The second kappa shape index (κ2) is 7.15. The van der Waals surface area contributed by atoms with E-state index in [1.165, 1.54) is 10.6 Å². The first-order chi connectivity index (χ1) is 11.3. The van der Waals surface area contributed by atoms with E-state index < -0.39 is 17.9 Å². The Hall–Kier alpha value is -2.85. The van der Waals surface area contributed by atoms with Gasteiger partial charge in [-0.3, -0.25) is 14.2 Å². The highest BCUT2D eigenvalue weighted by atomic mass is 35.5. The Bertz CT molecular complexity index is 884. The topological polar surface area (TPSA) is 108 Å². The molecule has 0 aliphatic heterocycles. The molecule has 2 rings (SSSR count). The van der Waals surface area contributed by atoms with E-state index in [2.05, 4.69) is 10.3 Å². The molecule has 0 unspecified atom stereocenters. The first-order valence-corrected chi connectivity index (χ1v) is 7.51. The van der Waals surface area contributed by atoms with Gasteiger partial charge in [-0.25, -0.2) is 4.98 Å². The zero-order valence-electron chi connectivity index (χ0n) is 13.1. The van der Waals surface area contributed by atoms with Gasteiger partial charge in [-0.2, -0.15) is 5.26 Å². The summed E-state index contributed by atoms with van der Waals surface area (Å²) < 4.78 is 1.18. The van der Waals surface area contributed by atoms with Gasteiger partial charge in [0, 0.05) is 6.04 Å². The van der Waals surface area contributed by atoms with Gasteiger partial charge >= 0.3 is 5.97 Å². The van der Waals surface area contributed by atoms with Crippen LogP contribution in [0, 0.1) is 11.3 Å². The minimum Gasteiger partial charge on any atom is -0.481 e. The number of halogens is 1. The Labute approximate surface area is 143 Å². The summed E-state index contributed by atoms with van der Waals surface area (Å²) in [4.78, 5) is 27.9. The molecule has 2 aromatic rings. The van der Waals surface area contributed by atoms with Crippen molar-refractivity contribution in [2.75, 3.05) is 5.32 Å². The summed E-state index contributed by atoms with van der Waals surface area (Å²) in [7, 11) is 0. The fraction of sp³-hybridized carbons (Fsp3) is 0.250. The Morgan fingerprint density at radius 1 is 1.50 bits per heavy atom. The third-order valence-corrected chi connectivity index (χ3v) is 3.40. The monoisotopic (exact) mass is 346 g/mol. The third-order valence-electron chi connectivity index (χ3n) is 3.10. The molecule has 2 N–H and O–H groups in total. The SMILES string of the molecule is CC(C)Nc1nc(Cl)c(CC(=O)O)n(-c2cccc(C#N)c2)c1=O. The molecular formula is C16H15ClN4O3. The molecule has 24 heavy (non-hydrogen) atoms. The highest BCUT2D eigenvalue weighted by Gasteiger charge is 2.19. The van der Waals surface area contributed by atoms with E-state index in [1.54, 1.807) is 18.2 Å². The minimum absolute atomic E-state index is 0.0199. The highest BCUT2D eigenvalue weighted by molar-refractivity contribution is 6.30. The van der Waals surface area contributed by atoms with Crippen molar-refractivity contribution >= 4 is 23.4 Å². The molecule has 8 heteroatoms. The van der Waals surface area contributed by atoms with E-state index in [0.717, 1.165) is 0 Å². The Balaban J connectivity index is 2.77. The summed E-state index contributed by atoms with van der Waals surface area (Å²) in [6.45, 7) is 3.67. The number of carboxylic acid groups (broad SMARTS) is 1. The third kappa shape index (κ3) is 3.73. The molecular weight excluding hydrogens is 332 g/mol. The maximum absolute atomic E-state index is 12.8. The smallest absolute Gasteiger partial charge is 0.309 e. The van der Waals surface area contributed by atoms with Gasteiger partial charge in [0.05, 0.1) is 29.4 Å². The van der Waals surface area contributed by atoms with Crippen LogP contribution >= 0.6 is 11.6 Å². The van der Waals surface area contributed by atoms with Gasteiger partial charge in [-0.1, -0.05) is 17.7 Å². The summed E-state index contributed by atoms with van der Waals surface area (Å²) in [5.74, 6) is -1.13. The molecule has 0 fully saturated rings. The van der Waals surface area contributed by atoms with Crippen molar-refractivity contribution in [1.29, 1.82) is 5.26 Å². The number of carbonyl (C=O) groups is 1. The number of aliphatic carboxylic acids is 1. The number of anilines is 1. The molecule has 1 aromatic heterocycles. The largest absolute Gasteiger partial charge is 0.481 e. The summed E-state index contributed by atoms with van der Waals surface area (Å²) in [6.07, 6.45) is -0.472. The standard InChI is InChI=1S/C16H15ClN4O3/c1-9(2)19-15-16(24)21(11-5-3-4-10(6-11)8-18)12(7-13(22)23)14(17)20-15/h3-6,9H,7H2,1-2H3,(H,19,20)(H,22,23). The van der Waals surface area contributed by atoms with Crippen LogP contribution in [0.5, 0.6) is 0 Å². The van der Waals surface area contributed by atoms with Crippen molar-refractivity contribution < 1.29 is 9.90 Å². The molecule has 7 nitrogen and oxygen atoms in total. The fourth-order valence-electron chi connectivity index (χ4n) is 2.18. The van der Waals surface area contributed by atoms with E-state index in [-0.39, 0.29) is 22.7 Å². The number of rotatable bonds is 5. The molecule has 0 radical (unpaired) electrons. The lowest BCUT2D eigenvalue weighted by molar-refractivity contribution is -0.136. The molecule has 0 bridgehead atoms. The normalized spacial score (nSPS) is 10.5. The molecule has 0 spiro atoms. The van der Waals surface area contributed by atoms with Crippen LogP contribution in [0.25, 0.3) is 5.69 Å². The second-order valence-electron chi connectivity index (χ2n) is 5.37. The van der Waals surface area contributed by atoms with Gasteiger partial charge in [-0.05, 0) is 32.0 Å². The lowest BCUT2D eigenvalue weighted by Crippen LogP contribution is -2.30. The van der Waals surface area contributed by atoms with Crippen molar-refractivity contribution in [3.05, 3.63) is 51.0 Å². The van der Waals surface area contributed by atoms with Crippen LogP contribution in [0.4, 0.5) is 5.82 Å². The van der Waals surface area contributed by atoms with Gasteiger partial charge < -0.3 is 10.4 Å². The number of benzene rings is 1. The number of aromatic nitrogens is 2. The summed E-state index contributed by atoms with van der Waals surface area (Å²) in [5, 5.41) is 20.9. The first kappa shape index (κ1) is 17.5. The van der Waals surface area contributed by atoms with Crippen LogP contribution in [-0.2, 0) is 11.2 Å². The van der Waals surface area contributed by atoms with Gasteiger partial charge in [-0.15, -0.1) is 0 Å². The first-order valence-electron chi connectivity index (χ1n) is 7.13. The highest BCUT2D eigenvalue weighted by Crippen LogP contribution is 2.19. The number of hydrogen-bond donors (Lipinski definition) is 2. The lowest BCUT2D eigenvalue weighted by atomic mass is 10.2. The Morgan fingerprint density at radius 2 is 2.21 bits per heavy atom. The molecule has 0 amide bonds. The number of carboxylic acids is 1. The maximum atomic E-state index is 12.8. The van der Waals surface area contributed by atoms with Crippen molar-refractivity contribution in [1.82, 2.24) is 9.55 Å². The molecule has 1 heterocycles. The van der Waals surface area contributed by atoms with Crippen LogP contribution in [0.15, 0.2) is 29.1 Å². The summed E-state index contributed by atoms with van der Waals surface area (Å²) in [5.41, 5.74) is 0.219. The van der Waals surface area contributed by atoms with Crippen molar-refractivity contribution in [2.45, 2.75) is 26.3 Å². The Kier molecular flexibility index (Phi) is 5.21. The lowest BCUT2D eigenvalue weighted by Gasteiger charge is -2.16.